The summed E-state index contributed by atoms with van der Waals surface area (Å²) in [6.07, 6.45) is 2.36. The Kier molecular flexibility index (Phi) is 4.69. The van der Waals surface area contributed by atoms with Crippen LogP contribution in [0.2, 0.25) is 5.02 Å². The number of anilines is 1. The third-order valence-corrected chi connectivity index (χ3v) is 3.66. The predicted molar refractivity (Wildman–Crippen MR) is 92.9 cm³/mol. The Bertz CT molecular complexity index is 801. The quantitative estimate of drug-likeness (QED) is 0.764. The molecule has 0 unspecified atom stereocenters. The van der Waals surface area contributed by atoms with Gasteiger partial charge < -0.3 is 5.32 Å². The fourth-order valence-electron chi connectivity index (χ4n) is 2.26. The van der Waals surface area contributed by atoms with Gasteiger partial charge in [0.2, 0.25) is 0 Å². The van der Waals surface area contributed by atoms with Crippen molar-refractivity contribution in [3.8, 4) is 0 Å². The summed E-state index contributed by atoms with van der Waals surface area (Å²) in [5, 5.41) is 3.49. The minimum absolute atomic E-state index is 0.163. The zero-order chi connectivity index (χ0) is 16.1. The second kappa shape index (κ2) is 7.07. The Labute approximate surface area is 140 Å². The summed E-state index contributed by atoms with van der Waals surface area (Å²) >= 11 is 5.84. The maximum absolute atomic E-state index is 12.3. The highest BCUT2D eigenvalue weighted by Crippen LogP contribution is 2.15. The minimum atomic E-state index is -0.163. The molecule has 0 spiro atoms. The maximum Gasteiger partial charge on any atom is 0.255 e. The van der Waals surface area contributed by atoms with Crippen molar-refractivity contribution in [2.45, 2.75) is 6.42 Å². The van der Waals surface area contributed by atoms with Crippen molar-refractivity contribution in [3.05, 3.63) is 94.8 Å². The third kappa shape index (κ3) is 4.18. The number of carbonyl (C=O) groups excluding carboxylic acids is 1. The van der Waals surface area contributed by atoms with Crippen LogP contribution in [0.5, 0.6) is 0 Å². The molecule has 2 aromatic carbocycles. The summed E-state index contributed by atoms with van der Waals surface area (Å²) in [5.41, 5.74) is 3.32. The largest absolute Gasteiger partial charge is 0.322 e. The fourth-order valence-corrected chi connectivity index (χ4v) is 2.38. The lowest BCUT2D eigenvalue weighted by molar-refractivity contribution is 0.102. The molecule has 1 amide bonds. The molecule has 1 aromatic heterocycles. The van der Waals surface area contributed by atoms with Crippen LogP contribution in [-0.2, 0) is 6.42 Å². The van der Waals surface area contributed by atoms with Crippen LogP contribution in [0.25, 0.3) is 0 Å². The molecule has 0 aliphatic heterocycles. The van der Waals surface area contributed by atoms with Gasteiger partial charge in [-0.1, -0.05) is 41.9 Å². The molecule has 0 radical (unpaired) electrons. The Morgan fingerprint density at radius 3 is 2.48 bits per heavy atom. The van der Waals surface area contributed by atoms with Crippen molar-refractivity contribution < 1.29 is 4.79 Å². The standard InChI is InChI=1S/C19H15ClN2O/c20-16-6-8-17(9-7-16)22-19(23)15-10-11-21-18(13-15)12-14-4-2-1-3-5-14/h1-11,13H,12H2,(H,22,23). The maximum atomic E-state index is 12.3. The second-order valence-electron chi connectivity index (χ2n) is 5.16. The van der Waals surface area contributed by atoms with Crippen LogP contribution in [0.15, 0.2) is 72.9 Å². The van der Waals surface area contributed by atoms with Crippen molar-refractivity contribution in [1.82, 2.24) is 4.98 Å². The van der Waals surface area contributed by atoms with E-state index < -0.39 is 0 Å². The van der Waals surface area contributed by atoms with Crippen molar-refractivity contribution in [2.24, 2.45) is 0 Å². The summed E-state index contributed by atoms with van der Waals surface area (Å²) in [4.78, 5) is 16.7. The average Bonchev–Trinajstić information content (AvgIpc) is 2.58. The van der Waals surface area contributed by atoms with Gasteiger partial charge in [0, 0.05) is 34.6 Å². The lowest BCUT2D eigenvalue weighted by Gasteiger charge is -2.07. The van der Waals surface area contributed by atoms with E-state index in [-0.39, 0.29) is 5.91 Å². The number of benzene rings is 2. The molecule has 114 valence electrons. The topological polar surface area (TPSA) is 42.0 Å². The molecule has 23 heavy (non-hydrogen) atoms. The molecule has 0 aliphatic rings. The average molecular weight is 323 g/mol. The molecule has 4 heteroatoms. The summed E-state index contributed by atoms with van der Waals surface area (Å²) in [5.74, 6) is -0.163. The van der Waals surface area contributed by atoms with Crippen LogP contribution in [0.3, 0.4) is 0 Å². The SMILES string of the molecule is O=C(Nc1ccc(Cl)cc1)c1ccnc(Cc2ccccc2)c1. The summed E-state index contributed by atoms with van der Waals surface area (Å²) < 4.78 is 0. The van der Waals surface area contributed by atoms with Gasteiger partial charge in [-0.3, -0.25) is 9.78 Å². The van der Waals surface area contributed by atoms with Gasteiger partial charge in [0.25, 0.3) is 5.91 Å². The molecule has 0 aliphatic carbocycles. The van der Waals surface area contributed by atoms with Crippen molar-refractivity contribution >= 4 is 23.2 Å². The van der Waals surface area contributed by atoms with E-state index in [1.807, 2.05) is 36.4 Å². The van der Waals surface area contributed by atoms with Gasteiger partial charge in [-0.2, -0.15) is 0 Å². The minimum Gasteiger partial charge on any atom is -0.322 e. The van der Waals surface area contributed by atoms with Gasteiger partial charge in [0.15, 0.2) is 0 Å². The smallest absolute Gasteiger partial charge is 0.255 e. The molecular formula is C19H15ClN2O. The van der Waals surface area contributed by atoms with E-state index in [1.54, 1.807) is 36.5 Å². The number of hydrogen-bond acceptors (Lipinski definition) is 2. The lowest BCUT2D eigenvalue weighted by atomic mass is 10.1. The molecule has 0 fully saturated rings. The van der Waals surface area contributed by atoms with Gasteiger partial charge in [-0.05, 0) is 42.0 Å². The molecule has 0 atom stereocenters. The lowest BCUT2D eigenvalue weighted by Crippen LogP contribution is -2.12. The van der Waals surface area contributed by atoms with Gasteiger partial charge in [-0.25, -0.2) is 0 Å². The van der Waals surface area contributed by atoms with Crippen LogP contribution in [0.4, 0.5) is 5.69 Å². The number of amides is 1. The van der Waals surface area contributed by atoms with Crippen molar-refractivity contribution in [1.29, 1.82) is 0 Å². The summed E-state index contributed by atoms with van der Waals surface area (Å²) in [7, 11) is 0. The number of aromatic nitrogens is 1. The van der Waals surface area contributed by atoms with Crippen LogP contribution in [0, 0.1) is 0 Å². The summed E-state index contributed by atoms with van der Waals surface area (Å²) in [6.45, 7) is 0. The van der Waals surface area contributed by atoms with Gasteiger partial charge >= 0.3 is 0 Å². The highest BCUT2D eigenvalue weighted by atomic mass is 35.5. The number of nitrogens with zero attached hydrogens (tertiary/aromatic N) is 1. The van der Waals surface area contributed by atoms with E-state index in [4.69, 9.17) is 11.6 Å². The van der Waals surface area contributed by atoms with Gasteiger partial charge in [0.1, 0.15) is 0 Å². The van der Waals surface area contributed by atoms with Gasteiger partial charge in [0.05, 0.1) is 0 Å². The van der Waals surface area contributed by atoms with E-state index in [2.05, 4.69) is 10.3 Å². The number of halogens is 1. The zero-order valence-corrected chi connectivity index (χ0v) is 13.1. The first-order chi connectivity index (χ1) is 11.2. The van der Waals surface area contributed by atoms with E-state index in [0.717, 1.165) is 11.3 Å². The van der Waals surface area contributed by atoms with E-state index in [9.17, 15) is 4.79 Å². The van der Waals surface area contributed by atoms with E-state index in [1.165, 1.54) is 0 Å². The monoisotopic (exact) mass is 322 g/mol. The van der Waals surface area contributed by atoms with Crippen LogP contribution in [-0.4, -0.2) is 10.9 Å². The summed E-state index contributed by atoms with van der Waals surface area (Å²) in [6, 6.07) is 20.6. The zero-order valence-electron chi connectivity index (χ0n) is 12.4. The van der Waals surface area contributed by atoms with Crippen LogP contribution >= 0.6 is 11.6 Å². The normalized spacial score (nSPS) is 10.3. The molecule has 0 saturated carbocycles. The highest BCUT2D eigenvalue weighted by molar-refractivity contribution is 6.30. The number of nitrogens with one attached hydrogen (secondary N) is 1. The molecule has 1 heterocycles. The number of rotatable bonds is 4. The molecule has 3 aromatic rings. The van der Waals surface area contributed by atoms with Crippen molar-refractivity contribution in [2.75, 3.05) is 5.32 Å². The number of carbonyl (C=O) groups is 1. The third-order valence-electron chi connectivity index (χ3n) is 3.41. The first-order valence-electron chi connectivity index (χ1n) is 7.26. The van der Waals surface area contributed by atoms with E-state index >= 15 is 0 Å². The molecule has 3 nitrogen and oxygen atoms in total. The van der Waals surface area contributed by atoms with Crippen LogP contribution < -0.4 is 5.32 Å². The molecular weight excluding hydrogens is 308 g/mol. The Balaban J connectivity index is 1.73. The van der Waals surface area contributed by atoms with Crippen molar-refractivity contribution in [3.63, 3.8) is 0 Å². The molecule has 3 rings (SSSR count). The Hall–Kier alpha value is -2.65. The van der Waals surface area contributed by atoms with E-state index in [0.29, 0.717) is 22.7 Å². The Morgan fingerprint density at radius 1 is 1.00 bits per heavy atom. The van der Waals surface area contributed by atoms with Gasteiger partial charge in [-0.15, -0.1) is 0 Å². The number of pyridine rings is 1. The fraction of sp³-hybridized carbons (Fsp3) is 0.0526. The molecule has 1 N–H and O–H groups in total. The highest BCUT2D eigenvalue weighted by Gasteiger charge is 2.08. The molecule has 0 saturated heterocycles. The Morgan fingerprint density at radius 2 is 1.74 bits per heavy atom. The van der Waals surface area contributed by atoms with Crippen LogP contribution in [0.1, 0.15) is 21.6 Å². The second-order valence-corrected chi connectivity index (χ2v) is 5.60. The first-order valence-corrected chi connectivity index (χ1v) is 7.64. The molecule has 0 bridgehead atoms. The first kappa shape index (κ1) is 15.3. The predicted octanol–water partition coefficient (Wildman–Crippen LogP) is 4.58. The number of hydrogen-bond donors (Lipinski definition) is 1.